The van der Waals surface area contributed by atoms with Gasteiger partial charge in [-0.25, -0.2) is 4.79 Å². The molecule has 2 N–H and O–H groups in total. The number of amides is 1. The van der Waals surface area contributed by atoms with Crippen LogP contribution in [0.3, 0.4) is 0 Å². The summed E-state index contributed by atoms with van der Waals surface area (Å²) < 4.78 is 6.64. The van der Waals surface area contributed by atoms with Gasteiger partial charge in [0.25, 0.3) is 5.91 Å². The summed E-state index contributed by atoms with van der Waals surface area (Å²) in [4.78, 5) is 26.2. The van der Waals surface area contributed by atoms with E-state index in [0.29, 0.717) is 22.6 Å². The Morgan fingerprint density at radius 3 is 2.64 bits per heavy atom. The van der Waals surface area contributed by atoms with Gasteiger partial charge in [0.2, 0.25) is 0 Å². The van der Waals surface area contributed by atoms with Crippen LogP contribution in [0.25, 0.3) is 11.4 Å². The molecule has 0 aliphatic heterocycles. The normalized spacial score (nSPS) is 11.1. The minimum atomic E-state index is -0.620. The van der Waals surface area contributed by atoms with Crippen LogP contribution < -0.4 is 11.1 Å². The molecule has 0 radical (unpaired) electrons. The molecule has 2 heterocycles. The highest BCUT2D eigenvalue weighted by Gasteiger charge is 2.17. The number of aromatic nitrogens is 3. The Labute approximate surface area is 144 Å². The molecule has 130 valence electrons. The Morgan fingerprint density at radius 1 is 1.28 bits per heavy atom. The van der Waals surface area contributed by atoms with Crippen molar-refractivity contribution in [3.8, 4) is 11.4 Å². The highest BCUT2D eigenvalue weighted by molar-refractivity contribution is 6.05. The highest BCUT2D eigenvalue weighted by atomic mass is 16.5. The van der Waals surface area contributed by atoms with E-state index in [1.165, 1.54) is 0 Å². The van der Waals surface area contributed by atoms with Gasteiger partial charge >= 0.3 is 5.76 Å². The summed E-state index contributed by atoms with van der Waals surface area (Å²) in [6, 6.07) is 9.23. The van der Waals surface area contributed by atoms with Crippen LogP contribution in [0.2, 0.25) is 0 Å². The fourth-order valence-electron chi connectivity index (χ4n) is 3.10. The van der Waals surface area contributed by atoms with Gasteiger partial charge in [0, 0.05) is 28.7 Å². The summed E-state index contributed by atoms with van der Waals surface area (Å²) in [5.41, 5.74) is 3.89. The summed E-state index contributed by atoms with van der Waals surface area (Å²) in [6.07, 6.45) is 0. The van der Waals surface area contributed by atoms with Crippen LogP contribution in [-0.2, 0) is 0 Å². The fourth-order valence-corrected chi connectivity index (χ4v) is 3.10. The van der Waals surface area contributed by atoms with Gasteiger partial charge in [0.15, 0.2) is 5.82 Å². The lowest BCUT2D eigenvalue weighted by Gasteiger charge is -2.13. The minimum absolute atomic E-state index is 0.175. The summed E-state index contributed by atoms with van der Waals surface area (Å²) in [5.74, 6) is -0.476. The van der Waals surface area contributed by atoms with Crippen molar-refractivity contribution in [2.24, 2.45) is 0 Å². The van der Waals surface area contributed by atoms with Gasteiger partial charge in [-0.2, -0.15) is 0 Å². The molecule has 0 atom stereocenters. The van der Waals surface area contributed by atoms with Gasteiger partial charge in [-0.15, -0.1) is 0 Å². The zero-order chi connectivity index (χ0) is 18.1. The number of nitrogens with zero attached hydrogens (tertiary/aromatic N) is 2. The number of anilines is 1. The summed E-state index contributed by atoms with van der Waals surface area (Å²) in [6.45, 7) is 8.11. The average Bonchev–Trinajstić information content (AvgIpc) is 3.11. The van der Waals surface area contributed by atoms with E-state index < -0.39 is 5.76 Å². The molecule has 0 spiro atoms. The Balaban J connectivity index is 1.87. The van der Waals surface area contributed by atoms with Crippen molar-refractivity contribution in [3.63, 3.8) is 0 Å². The molecule has 3 rings (SSSR count). The molecule has 0 aliphatic carbocycles. The van der Waals surface area contributed by atoms with E-state index in [2.05, 4.69) is 38.4 Å². The number of hydrogen-bond donors (Lipinski definition) is 2. The van der Waals surface area contributed by atoms with E-state index in [4.69, 9.17) is 0 Å². The van der Waals surface area contributed by atoms with Crippen LogP contribution in [0.5, 0.6) is 0 Å². The SMILES string of the molecule is Cc1cc(C(=O)Nc2cccc(-c3noc(=O)[nH]3)c2)c(C)n1C(C)C. The maximum atomic E-state index is 12.7. The lowest BCUT2D eigenvalue weighted by atomic mass is 10.1. The van der Waals surface area contributed by atoms with Gasteiger partial charge in [-0.3, -0.25) is 14.3 Å². The summed E-state index contributed by atoms with van der Waals surface area (Å²) in [5, 5.41) is 6.55. The molecule has 0 fully saturated rings. The second-order valence-corrected chi connectivity index (χ2v) is 6.23. The first-order valence-electron chi connectivity index (χ1n) is 8.03. The molecular formula is C18H20N4O3. The summed E-state index contributed by atoms with van der Waals surface area (Å²) >= 11 is 0. The third-order valence-electron chi connectivity index (χ3n) is 4.08. The first-order valence-corrected chi connectivity index (χ1v) is 8.03. The van der Waals surface area contributed by atoms with Crippen molar-refractivity contribution >= 4 is 11.6 Å². The van der Waals surface area contributed by atoms with Crippen molar-refractivity contribution < 1.29 is 9.32 Å². The number of carbonyl (C=O) groups is 1. The van der Waals surface area contributed by atoms with Crippen LogP contribution in [0, 0.1) is 13.8 Å². The van der Waals surface area contributed by atoms with Crippen LogP contribution in [0.1, 0.15) is 41.6 Å². The second-order valence-electron chi connectivity index (χ2n) is 6.23. The average molecular weight is 340 g/mol. The molecule has 3 aromatic rings. The number of carbonyl (C=O) groups excluding carboxylic acids is 1. The van der Waals surface area contributed by atoms with E-state index in [9.17, 15) is 9.59 Å². The van der Waals surface area contributed by atoms with E-state index in [1.54, 1.807) is 24.3 Å². The van der Waals surface area contributed by atoms with Crippen molar-refractivity contribution in [2.75, 3.05) is 5.32 Å². The largest absolute Gasteiger partial charge is 0.439 e. The highest BCUT2D eigenvalue weighted by Crippen LogP contribution is 2.23. The third-order valence-corrected chi connectivity index (χ3v) is 4.08. The van der Waals surface area contributed by atoms with Crippen molar-refractivity contribution in [3.05, 3.63) is 57.8 Å². The number of H-pyrrole nitrogens is 1. The number of aryl methyl sites for hydroxylation is 1. The zero-order valence-electron chi connectivity index (χ0n) is 14.6. The van der Waals surface area contributed by atoms with E-state index >= 15 is 0 Å². The lowest BCUT2D eigenvalue weighted by Crippen LogP contribution is -2.14. The molecule has 2 aromatic heterocycles. The molecule has 7 nitrogen and oxygen atoms in total. The van der Waals surface area contributed by atoms with Crippen LogP contribution >= 0.6 is 0 Å². The predicted octanol–water partition coefficient (Wildman–Crippen LogP) is 3.28. The molecule has 0 aliphatic rings. The maximum absolute atomic E-state index is 12.7. The molecule has 0 saturated heterocycles. The van der Waals surface area contributed by atoms with Gasteiger partial charge < -0.3 is 9.88 Å². The van der Waals surface area contributed by atoms with E-state index in [0.717, 1.165) is 11.4 Å². The Hall–Kier alpha value is -3.09. The van der Waals surface area contributed by atoms with Gasteiger partial charge in [-0.1, -0.05) is 17.3 Å². The summed E-state index contributed by atoms with van der Waals surface area (Å²) in [7, 11) is 0. The first-order chi connectivity index (χ1) is 11.9. The third kappa shape index (κ3) is 3.26. The number of aromatic amines is 1. The van der Waals surface area contributed by atoms with Crippen molar-refractivity contribution in [1.82, 2.24) is 14.7 Å². The molecule has 1 aromatic carbocycles. The number of nitrogens with one attached hydrogen (secondary N) is 2. The molecular weight excluding hydrogens is 320 g/mol. The van der Waals surface area contributed by atoms with Crippen LogP contribution in [-0.4, -0.2) is 20.6 Å². The molecule has 7 heteroatoms. The van der Waals surface area contributed by atoms with Gasteiger partial charge in [-0.05, 0) is 45.9 Å². The molecule has 0 unspecified atom stereocenters. The molecule has 25 heavy (non-hydrogen) atoms. The predicted molar refractivity (Wildman–Crippen MR) is 94.8 cm³/mol. The van der Waals surface area contributed by atoms with Crippen LogP contribution in [0.15, 0.2) is 39.6 Å². The molecule has 0 saturated carbocycles. The van der Waals surface area contributed by atoms with Crippen molar-refractivity contribution in [2.45, 2.75) is 33.7 Å². The van der Waals surface area contributed by atoms with E-state index in [1.807, 2.05) is 19.9 Å². The Morgan fingerprint density at radius 2 is 2.04 bits per heavy atom. The quantitative estimate of drug-likeness (QED) is 0.762. The maximum Gasteiger partial charge on any atom is 0.439 e. The second kappa shape index (κ2) is 6.43. The Kier molecular flexibility index (Phi) is 4.31. The minimum Gasteiger partial charge on any atom is -0.346 e. The molecule has 1 amide bonds. The number of hydrogen-bond acceptors (Lipinski definition) is 4. The molecule has 0 bridgehead atoms. The van der Waals surface area contributed by atoms with E-state index in [-0.39, 0.29) is 11.9 Å². The standard InChI is InChI=1S/C18H20N4O3/c1-10(2)22-11(3)8-15(12(22)4)17(23)19-14-7-5-6-13(9-14)16-20-18(24)25-21-16/h5-10H,1-4H3,(H,19,23)(H,20,21,24). The zero-order valence-corrected chi connectivity index (χ0v) is 14.6. The van der Waals surface area contributed by atoms with Crippen molar-refractivity contribution in [1.29, 1.82) is 0 Å². The first kappa shape index (κ1) is 16.8. The lowest BCUT2D eigenvalue weighted by molar-refractivity contribution is 0.102. The monoisotopic (exact) mass is 340 g/mol. The number of rotatable bonds is 4. The Bertz CT molecular complexity index is 978. The van der Waals surface area contributed by atoms with Gasteiger partial charge in [0.1, 0.15) is 0 Å². The fraction of sp³-hybridized carbons (Fsp3) is 0.278. The topological polar surface area (TPSA) is 92.9 Å². The van der Waals surface area contributed by atoms with Crippen LogP contribution in [0.4, 0.5) is 5.69 Å². The van der Waals surface area contributed by atoms with Gasteiger partial charge in [0.05, 0.1) is 5.56 Å². The number of benzene rings is 1. The smallest absolute Gasteiger partial charge is 0.346 e.